The topological polar surface area (TPSA) is 51.5 Å². The molecule has 1 radical (unpaired) electrons. The Bertz CT molecular complexity index is 1210. The first kappa shape index (κ1) is 34.7. The van der Waals surface area contributed by atoms with Crippen LogP contribution in [0.3, 0.4) is 0 Å². The molecule has 2 fully saturated rings. The minimum absolute atomic E-state index is 0. The maximum atomic E-state index is 12.3. The van der Waals surface area contributed by atoms with Crippen LogP contribution in [0.4, 0.5) is 5.69 Å². The number of carbonyl (C=O) groups is 2. The maximum absolute atomic E-state index is 12.3. The zero-order valence-corrected chi connectivity index (χ0v) is 29.4. The van der Waals surface area contributed by atoms with Crippen LogP contribution in [0.5, 0.6) is 0 Å². The van der Waals surface area contributed by atoms with E-state index in [1.165, 1.54) is 33.4 Å². The van der Waals surface area contributed by atoms with Crippen LogP contribution in [0.15, 0.2) is 0 Å². The Morgan fingerprint density at radius 1 is 0.711 bits per heavy atom. The molecule has 38 heavy (non-hydrogen) atoms. The standard InChI is InChI=1S/C16H21NO.C16H22NO.V.W/c1-9-7-15(14(6)13(5)11(9)3)17-8-10(2)12(4)16(17)18;1-8-7-14(11(4)10(3)9(8)2)15-12(5)13(6)16(18)17-15;;/h8,10,12H,1-6H3;12-13,15H,1-6H3,(H,17,18);;/q-2;-1;2*+2/p-1/t;12?,13?,15-;;/m.1../s1. The molecule has 4 unspecified atom stereocenters. The van der Waals surface area contributed by atoms with E-state index in [0.717, 1.165) is 22.4 Å². The molecule has 203 valence electrons. The number of hydrogen-bond donors (Lipinski definition) is 0. The summed E-state index contributed by atoms with van der Waals surface area (Å²) in [6, 6.07) is 6.82. The van der Waals surface area contributed by atoms with Gasteiger partial charge in [0.15, 0.2) is 5.91 Å². The summed E-state index contributed by atoms with van der Waals surface area (Å²) in [4.78, 5) is 25.8. The molecule has 0 N–H and O–H groups in total. The number of carbonyl (C=O) groups excluding carboxylic acids is 2. The fraction of sp³-hybridized carbons (Fsp3) is 0.531. The average molecular weight is 721 g/mol. The van der Waals surface area contributed by atoms with Crippen LogP contribution in [0.1, 0.15) is 83.8 Å². The molecular weight excluding hydrogens is 679 g/mol. The van der Waals surface area contributed by atoms with Crippen molar-refractivity contribution in [1.29, 1.82) is 0 Å². The molecule has 2 aliphatic rings. The van der Waals surface area contributed by atoms with Gasteiger partial charge >= 0.3 is 39.6 Å². The van der Waals surface area contributed by atoms with Crippen molar-refractivity contribution in [3.63, 3.8) is 0 Å². The first-order valence-electron chi connectivity index (χ1n) is 13.1. The van der Waals surface area contributed by atoms with E-state index < -0.39 is 0 Å². The Labute approximate surface area is 257 Å². The van der Waals surface area contributed by atoms with Crippen LogP contribution in [0.2, 0.25) is 0 Å². The number of rotatable bonds is 2. The van der Waals surface area contributed by atoms with Crippen LogP contribution < -0.4 is 4.90 Å². The number of aryl methyl sites for hydroxylation is 2. The van der Waals surface area contributed by atoms with Gasteiger partial charge in [-0.25, -0.2) is 6.54 Å². The summed E-state index contributed by atoms with van der Waals surface area (Å²) in [6.07, 6.45) is 0. The second-order valence-corrected chi connectivity index (χ2v) is 11.1. The van der Waals surface area contributed by atoms with Gasteiger partial charge in [0, 0.05) is 5.92 Å². The van der Waals surface area contributed by atoms with Gasteiger partial charge < -0.3 is 15.0 Å². The first-order valence-corrected chi connectivity index (χ1v) is 13.1. The van der Waals surface area contributed by atoms with Crippen molar-refractivity contribution in [2.45, 2.75) is 89.1 Å². The summed E-state index contributed by atoms with van der Waals surface area (Å²) in [6.45, 7) is 27.0. The third-order valence-electron chi connectivity index (χ3n) is 9.04. The fourth-order valence-electron chi connectivity index (χ4n) is 5.06. The van der Waals surface area contributed by atoms with Gasteiger partial charge in [-0.1, -0.05) is 83.1 Å². The van der Waals surface area contributed by atoms with Crippen molar-refractivity contribution < 1.29 is 49.2 Å². The van der Waals surface area contributed by atoms with Gasteiger partial charge in [-0.2, -0.15) is 56.6 Å². The molecule has 5 atom stereocenters. The normalized spacial score (nSPS) is 24.3. The van der Waals surface area contributed by atoms with E-state index in [2.05, 4.69) is 86.7 Å². The first-order chi connectivity index (χ1) is 16.7. The second-order valence-electron chi connectivity index (χ2n) is 11.1. The molecule has 4 rings (SSSR count). The van der Waals surface area contributed by atoms with E-state index >= 15 is 0 Å². The second kappa shape index (κ2) is 13.3. The minimum atomic E-state index is -0.00880. The number of benzene rings is 2. The van der Waals surface area contributed by atoms with Crippen LogP contribution >= 0.6 is 0 Å². The molecule has 4 nitrogen and oxygen atoms in total. The van der Waals surface area contributed by atoms with Gasteiger partial charge in [0.25, 0.3) is 0 Å². The van der Waals surface area contributed by atoms with Crippen molar-refractivity contribution in [2.75, 3.05) is 4.90 Å². The van der Waals surface area contributed by atoms with Crippen molar-refractivity contribution in [3.8, 4) is 0 Å². The maximum Gasteiger partial charge on any atom is 2.00 e. The third kappa shape index (κ3) is 6.34. The summed E-state index contributed by atoms with van der Waals surface area (Å²) >= 11 is 0. The molecule has 6 heteroatoms. The van der Waals surface area contributed by atoms with Crippen LogP contribution in [-0.4, -0.2) is 11.8 Å². The SMILES string of the molecule is Cc1[c-]c(N2[CH-]C(C)C(C)C2=O)c(C)c(C)c1C.Cc1[c-]c([C@@H]2[N-]C(=O)C(C)C2C)c(C)c(C)c1C.[V+2].[W+2]. The van der Waals surface area contributed by atoms with E-state index in [0.29, 0.717) is 5.92 Å². The molecule has 2 aromatic rings. The summed E-state index contributed by atoms with van der Waals surface area (Å²) in [7, 11) is 0. The Hall–Kier alpha value is -1.35. The molecule has 0 spiro atoms. The minimum Gasteiger partial charge on any atom is -0.648 e. The summed E-state index contributed by atoms with van der Waals surface area (Å²) < 4.78 is 0. The van der Waals surface area contributed by atoms with Gasteiger partial charge in [0.1, 0.15) is 0 Å². The van der Waals surface area contributed by atoms with Crippen molar-refractivity contribution in [1.82, 2.24) is 0 Å². The number of amides is 2. The summed E-state index contributed by atoms with van der Waals surface area (Å²) in [5.41, 5.74) is 11.8. The molecular formula is C32H42N2O2VW. The third-order valence-corrected chi connectivity index (χ3v) is 9.04. The molecule has 0 aromatic heterocycles. The van der Waals surface area contributed by atoms with Crippen LogP contribution in [-0.2, 0) is 49.2 Å². The smallest absolute Gasteiger partial charge is 0.648 e. The molecule has 2 amide bonds. The molecule has 2 aliphatic heterocycles. The zero-order chi connectivity index (χ0) is 27.2. The predicted molar refractivity (Wildman–Crippen MR) is 148 cm³/mol. The monoisotopic (exact) mass is 721 g/mol. The van der Waals surface area contributed by atoms with Crippen LogP contribution in [0, 0.1) is 97.7 Å². The Balaban J connectivity index is 0.000000361. The van der Waals surface area contributed by atoms with E-state index in [9.17, 15) is 9.59 Å². The largest absolute Gasteiger partial charge is 2.00 e. The Morgan fingerprint density at radius 3 is 1.66 bits per heavy atom. The van der Waals surface area contributed by atoms with E-state index in [1.54, 1.807) is 4.90 Å². The quantitative estimate of drug-likeness (QED) is 0.303. The van der Waals surface area contributed by atoms with Gasteiger partial charge in [-0.15, -0.1) is 23.2 Å². The summed E-state index contributed by atoms with van der Waals surface area (Å²) in [5.74, 6) is 0.895. The average Bonchev–Trinajstić information content (AvgIpc) is 3.25. The van der Waals surface area contributed by atoms with Gasteiger partial charge in [-0.05, 0) is 11.8 Å². The number of hydrogen-bond acceptors (Lipinski definition) is 2. The van der Waals surface area contributed by atoms with Crippen LogP contribution in [0.25, 0.3) is 5.32 Å². The Morgan fingerprint density at radius 2 is 1.21 bits per heavy atom. The molecule has 2 saturated heterocycles. The van der Waals surface area contributed by atoms with Crippen molar-refractivity contribution >= 4 is 17.5 Å². The molecule has 0 saturated carbocycles. The van der Waals surface area contributed by atoms with Gasteiger partial charge in [-0.3, -0.25) is 4.79 Å². The molecule has 0 aliphatic carbocycles. The molecule has 2 aromatic carbocycles. The predicted octanol–water partition coefficient (Wildman–Crippen LogP) is 7.44. The van der Waals surface area contributed by atoms with E-state index in [-0.39, 0.29) is 75.2 Å². The number of anilines is 1. The number of nitrogens with zero attached hydrogens (tertiary/aromatic N) is 2. The fourth-order valence-corrected chi connectivity index (χ4v) is 5.06. The van der Waals surface area contributed by atoms with Gasteiger partial charge in [0.2, 0.25) is 0 Å². The van der Waals surface area contributed by atoms with Crippen molar-refractivity contribution in [2.24, 2.45) is 23.7 Å². The summed E-state index contributed by atoms with van der Waals surface area (Å²) in [5, 5.41) is 4.32. The molecule has 0 bridgehead atoms. The van der Waals surface area contributed by atoms with Gasteiger partial charge in [0.05, 0.1) is 5.91 Å². The zero-order valence-electron chi connectivity index (χ0n) is 25.0. The van der Waals surface area contributed by atoms with E-state index in [1.807, 2.05) is 20.4 Å². The van der Waals surface area contributed by atoms with E-state index in [4.69, 9.17) is 0 Å². The van der Waals surface area contributed by atoms with Crippen molar-refractivity contribution in [3.05, 3.63) is 74.1 Å². The molecule has 2 heterocycles. The Kier molecular flexibility index (Phi) is 12.2.